The Bertz CT molecular complexity index is 212. The Hall–Kier alpha value is 0.779. The molecule has 0 aliphatic rings. The molecule has 0 radical (unpaired) electrons. The van der Waals surface area contributed by atoms with Gasteiger partial charge in [-0.15, -0.1) is 0 Å². The topological polar surface area (TPSA) is 141 Å². The molecule has 0 aliphatic carbocycles. The van der Waals surface area contributed by atoms with Crippen molar-refractivity contribution in [1.82, 2.24) is 0 Å². The Kier molecular flexibility index (Phi) is 4.94. The van der Waals surface area contributed by atoms with Gasteiger partial charge in [0.1, 0.15) is 0 Å². The molecule has 0 heterocycles. The van der Waals surface area contributed by atoms with Gasteiger partial charge in [-0.2, -0.15) is 0 Å². The molecule has 0 saturated heterocycles. The van der Waals surface area contributed by atoms with Crippen LogP contribution >= 0.6 is 15.2 Å². The molecule has 0 aliphatic heterocycles. The van der Waals surface area contributed by atoms with Gasteiger partial charge in [0.2, 0.25) is 0 Å². The van der Waals surface area contributed by atoms with Gasteiger partial charge in [-0.3, -0.25) is 0 Å². The average molecular weight is 260 g/mol. The van der Waals surface area contributed by atoms with E-state index in [9.17, 15) is 18.9 Å². The summed E-state index contributed by atoms with van der Waals surface area (Å²) in [7, 11) is -11.0. The van der Waals surface area contributed by atoms with Crippen molar-refractivity contribution >= 4 is 15.2 Å². The zero-order valence-electron chi connectivity index (χ0n) is 5.72. The molecule has 0 spiro atoms. The zero-order chi connectivity index (χ0) is 9.50. The summed E-state index contributed by atoms with van der Waals surface area (Å²) in [6.07, 6.45) is 0. The Morgan fingerprint density at radius 1 is 1.17 bits per heavy atom. The largest absolute Gasteiger partial charge is 2.00 e. The van der Waals surface area contributed by atoms with Crippen molar-refractivity contribution in [3.63, 3.8) is 0 Å². The maximum atomic E-state index is 10.1. The fraction of sp³-hybridized carbons (Fsp3) is 1.00. The van der Waals surface area contributed by atoms with Crippen molar-refractivity contribution in [2.45, 2.75) is 12.0 Å². The van der Waals surface area contributed by atoms with E-state index in [2.05, 4.69) is 0 Å². The van der Waals surface area contributed by atoms with Gasteiger partial charge in [0.25, 0.3) is 0 Å². The monoisotopic (exact) mass is 260 g/mol. The number of hydrogen-bond acceptors (Lipinski definition) is 5. The molecular weight excluding hydrogens is 254 g/mol. The summed E-state index contributed by atoms with van der Waals surface area (Å²) < 4.78 is 20.2. The van der Waals surface area contributed by atoms with E-state index >= 15 is 0 Å². The molecule has 2 unspecified atom stereocenters. The van der Waals surface area contributed by atoms with E-state index in [0.29, 0.717) is 0 Å². The summed E-state index contributed by atoms with van der Waals surface area (Å²) >= 11 is 0. The Morgan fingerprint density at radius 3 is 1.33 bits per heavy atom. The van der Waals surface area contributed by atoms with Gasteiger partial charge < -0.3 is 33.8 Å². The van der Waals surface area contributed by atoms with Crippen LogP contribution in [0.1, 0.15) is 6.92 Å². The predicted molar refractivity (Wildman–Crippen MR) is 30.3 cm³/mol. The van der Waals surface area contributed by atoms with E-state index in [1.165, 1.54) is 0 Å². The third-order valence-electron chi connectivity index (χ3n) is 1.07. The standard InChI is InChI=1S/C2H8O7P2.Fe/c1-2(3,10(4,5)6)11(7,8)9;/h3H,1H3,(H2,4,5,6)(H2,7,8,9);/q;+2/p-2. The molecule has 0 aromatic heterocycles. The molecule has 7 nitrogen and oxygen atoms in total. The summed E-state index contributed by atoms with van der Waals surface area (Å²) in [5.41, 5.74) is 0. The Labute approximate surface area is 78.6 Å². The van der Waals surface area contributed by atoms with Gasteiger partial charge in [0, 0.05) is 0 Å². The molecule has 0 rings (SSSR count). The van der Waals surface area contributed by atoms with Crippen LogP contribution < -0.4 is 9.79 Å². The maximum Gasteiger partial charge on any atom is 2.00 e. The van der Waals surface area contributed by atoms with Crippen LogP contribution in [-0.4, -0.2) is 20.0 Å². The summed E-state index contributed by atoms with van der Waals surface area (Å²) in [4.78, 5) is 36.4. The molecule has 0 bridgehead atoms. The Morgan fingerprint density at radius 2 is 1.33 bits per heavy atom. The minimum absolute atomic E-state index is 0. The van der Waals surface area contributed by atoms with Crippen molar-refractivity contribution < 1.29 is 50.9 Å². The summed E-state index contributed by atoms with van der Waals surface area (Å²) in [6.45, 7) is 0.258. The third kappa shape index (κ3) is 2.92. The zero-order valence-corrected chi connectivity index (χ0v) is 8.62. The normalized spacial score (nSPS) is 25.8. The van der Waals surface area contributed by atoms with Gasteiger partial charge >= 0.3 is 17.1 Å². The molecule has 0 saturated carbocycles. The minimum atomic E-state index is -5.51. The summed E-state index contributed by atoms with van der Waals surface area (Å²) in [5.74, 6) is 0. The van der Waals surface area contributed by atoms with Crippen molar-refractivity contribution in [3.05, 3.63) is 0 Å². The molecule has 0 amide bonds. The van der Waals surface area contributed by atoms with E-state index in [1.807, 2.05) is 0 Å². The fourth-order valence-electron chi connectivity index (χ4n) is 0.160. The quantitative estimate of drug-likeness (QED) is 0.375. The molecule has 12 heavy (non-hydrogen) atoms. The fourth-order valence-corrected chi connectivity index (χ4v) is 1.44. The van der Waals surface area contributed by atoms with E-state index < -0.39 is 20.3 Å². The van der Waals surface area contributed by atoms with Crippen LogP contribution in [-0.2, 0) is 26.2 Å². The summed E-state index contributed by atoms with van der Waals surface area (Å²) in [6, 6.07) is 0. The molecule has 0 aromatic carbocycles. The van der Waals surface area contributed by atoms with Crippen LogP contribution in [0.4, 0.5) is 0 Å². The van der Waals surface area contributed by atoms with E-state index in [0.717, 1.165) is 0 Å². The van der Waals surface area contributed by atoms with Crippen molar-refractivity contribution in [2.75, 3.05) is 0 Å². The molecule has 0 fully saturated rings. The van der Waals surface area contributed by atoms with Crippen LogP contribution in [0.5, 0.6) is 0 Å². The van der Waals surface area contributed by atoms with Crippen LogP contribution in [0.25, 0.3) is 0 Å². The second-order valence-electron chi connectivity index (χ2n) is 2.01. The smallest absolute Gasteiger partial charge is 0.776 e. The van der Waals surface area contributed by atoms with Crippen LogP contribution in [0.15, 0.2) is 0 Å². The first-order valence-corrected chi connectivity index (χ1v) is 5.46. The summed E-state index contributed by atoms with van der Waals surface area (Å²) in [5, 5.41) is 5.02. The SMILES string of the molecule is CC(O)(P(=O)([O-])O)P(=O)([O-])O.[Fe+2]. The molecule has 2 atom stereocenters. The first kappa shape index (κ1) is 15.3. The maximum absolute atomic E-state index is 10.1. The van der Waals surface area contributed by atoms with Crippen molar-refractivity contribution in [2.24, 2.45) is 0 Å². The molecule has 74 valence electrons. The Balaban J connectivity index is 0. The predicted octanol–water partition coefficient (Wildman–Crippen LogP) is -2.26. The van der Waals surface area contributed by atoms with Crippen molar-refractivity contribution in [3.8, 4) is 0 Å². The minimum Gasteiger partial charge on any atom is -0.776 e. The van der Waals surface area contributed by atoms with Gasteiger partial charge in [0.15, 0.2) is 20.3 Å². The number of aliphatic hydroxyl groups is 1. The molecule has 3 N–H and O–H groups in total. The van der Waals surface area contributed by atoms with E-state index in [4.69, 9.17) is 14.9 Å². The van der Waals surface area contributed by atoms with Crippen LogP contribution in [0.2, 0.25) is 0 Å². The van der Waals surface area contributed by atoms with E-state index in [-0.39, 0.29) is 24.0 Å². The van der Waals surface area contributed by atoms with Gasteiger partial charge in [-0.05, 0) is 6.92 Å². The van der Waals surface area contributed by atoms with Gasteiger partial charge in [0.05, 0.1) is 0 Å². The molecule has 10 heteroatoms. The average Bonchev–Trinajstić information content (AvgIpc) is 1.58. The second kappa shape index (κ2) is 3.88. The number of rotatable bonds is 2. The third-order valence-corrected chi connectivity index (χ3v) is 4.73. The number of hydrogen-bond donors (Lipinski definition) is 3. The first-order chi connectivity index (χ1) is 4.50. The van der Waals surface area contributed by atoms with Gasteiger partial charge in [-0.1, -0.05) is 0 Å². The first-order valence-electron chi connectivity index (χ1n) is 2.30. The van der Waals surface area contributed by atoms with Crippen molar-refractivity contribution in [1.29, 1.82) is 0 Å². The van der Waals surface area contributed by atoms with E-state index in [1.54, 1.807) is 0 Å². The van der Waals surface area contributed by atoms with Crippen LogP contribution in [0.3, 0.4) is 0 Å². The van der Waals surface area contributed by atoms with Crippen LogP contribution in [0, 0.1) is 0 Å². The molecule has 0 aromatic rings. The van der Waals surface area contributed by atoms with Gasteiger partial charge in [-0.25, -0.2) is 0 Å². The molecular formula is C2H6FeO7P2. The second-order valence-corrected chi connectivity index (χ2v) is 6.19.